The van der Waals surface area contributed by atoms with Gasteiger partial charge in [-0.05, 0) is 5.41 Å². The fourth-order valence-corrected chi connectivity index (χ4v) is 0.778. The van der Waals surface area contributed by atoms with Crippen molar-refractivity contribution < 1.29 is 64.3 Å². The third-order valence-electron chi connectivity index (χ3n) is 1.18. The molecule has 0 aromatic heterocycles. The summed E-state index contributed by atoms with van der Waals surface area (Å²) < 4.78 is 35.9. The topological polar surface area (TPSA) is 0 Å². The standard InChI is InChI=1S/C7H13BF3.K/c1-6(8(9,10)11)5-7(2,3)4;/h5H,1-4H3;/q-1;+1/b6-5-;. The van der Waals surface area contributed by atoms with Crippen molar-refractivity contribution in [3.63, 3.8) is 0 Å². The van der Waals surface area contributed by atoms with Gasteiger partial charge in [0.1, 0.15) is 0 Å². The van der Waals surface area contributed by atoms with Crippen LogP contribution in [-0.4, -0.2) is 6.98 Å². The minimum atomic E-state index is -4.77. The maximum Gasteiger partial charge on any atom is 1.00 e. The molecule has 0 bridgehead atoms. The maximum absolute atomic E-state index is 12.0. The molecule has 0 nitrogen and oxygen atoms in total. The molecule has 0 heterocycles. The van der Waals surface area contributed by atoms with Crippen LogP contribution in [0.2, 0.25) is 0 Å². The number of hydrogen-bond acceptors (Lipinski definition) is 0. The molecule has 0 aliphatic rings. The van der Waals surface area contributed by atoms with Gasteiger partial charge in [-0.3, -0.25) is 0 Å². The monoisotopic (exact) mass is 204 g/mol. The Kier molecular flexibility index (Phi) is 6.80. The minimum Gasteiger partial charge on any atom is -0.445 e. The van der Waals surface area contributed by atoms with E-state index in [1.165, 1.54) is 6.08 Å². The quantitative estimate of drug-likeness (QED) is 0.541. The molecule has 12 heavy (non-hydrogen) atoms. The molecule has 0 aliphatic carbocycles. The molecule has 0 unspecified atom stereocenters. The van der Waals surface area contributed by atoms with E-state index in [2.05, 4.69) is 0 Å². The SMILES string of the molecule is C/C(=C/C(C)(C)C)[B-](F)(F)F.[K+]. The van der Waals surface area contributed by atoms with Crippen LogP contribution < -0.4 is 51.4 Å². The molecule has 0 aromatic carbocycles. The predicted molar refractivity (Wildman–Crippen MR) is 42.3 cm³/mol. The minimum absolute atomic E-state index is 0. The molecule has 5 heteroatoms. The van der Waals surface area contributed by atoms with Crippen LogP contribution in [0.1, 0.15) is 27.7 Å². The smallest absolute Gasteiger partial charge is 0.445 e. The van der Waals surface area contributed by atoms with Crippen LogP contribution in [0.5, 0.6) is 0 Å². The van der Waals surface area contributed by atoms with Gasteiger partial charge in [-0.15, -0.1) is 11.5 Å². The van der Waals surface area contributed by atoms with Gasteiger partial charge < -0.3 is 12.9 Å². The Bertz CT molecular complexity index is 166. The van der Waals surface area contributed by atoms with E-state index in [0.29, 0.717) is 0 Å². The average molecular weight is 204 g/mol. The van der Waals surface area contributed by atoms with Gasteiger partial charge in [0, 0.05) is 0 Å². The normalized spacial score (nSPS) is 14.1. The maximum atomic E-state index is 12.0. The van der Waals surface area contributed by atoms with E-state index in [-0.39, 0.29) is 56.8 Å². The van der Waals surface area contributed by atoms with Crippen molar-refractivity contribution >= 4 is 6.98 Å². The molecule has 0 atom stereocenters. The molecule has 0 N–H and O–H groups in total. The van der Waals surface area contributed by atoms with Crippen LogP contribution in [-0.2, 0) is 0 Å². The van der Waals surface area contributed by atoms with E-state index >= 15 is 0 Å². The molecule has 0 saturated heterocycles. The first-order valence-electron chi connectivity index (χ1n) is 3.52. The second-order valence-corrected chi connectivity index (χ2v) is 3.83. The van der Waals surface area contributed by atoms with Gasteiger partial charge in [-0.1, -0.05) is 27.7 Å². The van der Waals surface area contributed by atoms with Gasteiger partial charge in [0.25, 0.3) is 0 Å². The Labute approximate surface area is 114 Å². The first-order chi connectivity index (χ1) is 4.63. The zero-order chi connectivity index (χ0) is 9.28. The summed E-state index contributed by atoms with van der Waals surface area (Å²) in [5, 5.41) is 0. The van der Waals surface area contributed by atoms with E-state index in [9.17, 15) is 12.9 Å². The van der Waals surface area contributed by atoms with Crippen molar-refractivity contribution in [3.05, 3.63) is 11.5 Å². The second kappa shape index (κ2) is 5.20. The molecule has 0 amide bonds. The largest absolute Gasteiger partial charge is 1.00 e. The summed E-state index contributed by atoms with van der Waals surface area (Å²) in [5.74, 6) is 0. The van der Waals surface area contributed by atoms with Crippen LogP contribution in [0.15, 0.2) is 11.5 Å². The molecule has 0 saturated carbocycles. The molecule has 0 aliphatic heterocycles. The summed E-state index contributed by atoms with van der Waals surface area (Å²) in [6.45, 7) is 1.59. The third kappa shape index (κ3) is 7.86. The van der Waals surface area contributed by atoms with Crippen molar-refractivity contribution in [3.8, 4) is 0 Å². The van der Waals surface area contributed by atoms with Crippen LogP contribution in [0, 0.1) is 5.41 Å². The van der Waals surface area contributed by atoms with Crippen molar-refractivity contribution in [1.29, 1.82) is 0 Å². The van der Waals surface area contributed by atoms with Gasteiger partial charge in [-0.25, -0.2) is 0 Å². The zero-order valence-corrected chi connectivity index (χ0v) is 11.4. The second-order valence-electron chi connectivity index (χ2n) is 3.83. The van der Waals surface area contributed by atoms with E-state index in [0.717, 1.165) is 6.92 Å². The van der Waals surface area contributed by atoms with Crippen LogP contribution in [0.4, 0.5) is 12.9 Å². The fourth-order valence-electron chi connectivity index (χ4n) is 0.778. The Balaban J connectivity index is 0. The van der Waals surface area contributed by atoms with Crippen LogP contribution >= 0.6 is 0 Å². The summed E-state index contributed by atoms with van der Waals surface area (Å²) in [7, 11) is 0. The third-order valence-corrected chi connectivity index (χ3v) is 1.18. The number of halogens is 3. The van der Waals surface area contributed by atoms with E-state index in [1.807, 2.05) is 0 Å². The summed E-state index contributed by atoms with van der Waals surface area (Å²) in [6.07, 6.45) is 1.26. The van der Waals surface area contributed by atoms with E-state index in [4.69, 9.17) is 0 Å². The van der Waals surface area contributed by atoms with Gasteiger partial charge in [0.15, 0.2) is 0 Å². The molecule has 0 rings (SSSR count). The van der Waals surface area contributed by atoms with Crippen molar-refractivity contribution in [2.24, 2.45) is 5.41 Å². The summed E-state index contributed by atoms with van der Waals surface area (Å²) in [5.41, 5.74) is -0.848. The van der Waals surface area contributed by atoms with Crippen molar-refractivity contribution in [1.82, 2.24) is 0 Å². The summed E-state index contributed by atoms with van der Waals surface area (Å²) in [4.78, 5) is 0. The number of rotatable bonds is 1. The number of hydrogen-bond donors (Lipinski definition) is 0. The first kappa shape index (κ1) is 15.7. The van der Waals surface area contributed by atoms with E-state index in [1.54, 1.807) is 20.8 Å². The van der Waals surface area contributed by atoms with Crippen molar-refractivity contribution in [2.45, 2.75) is 27.7 Å². The summed E-state index contributed by atoms with van der Waals surface area (Å²) >= 11 is 0. The first-order valence-corrected chi connectivity index (χ1v) is 3.52. The molecular weight excluding hydrogens is 191 g/mol. The van der Waals surface area contributed by atoms with Crippen LogP contribution in [0.3, 0.4) is 0 Å². The summed E-state index contributed by atoms with van der Waals surface area (Å²) in [6, 6.07) is 0. The Morgan fingerprint density at radius 1 is 1.17 bits per heavy atom. The van der Waals surface area contributed by atoms with Crippen LogP contribution in [0.25, 0.3) is 0 Å². The predicted octanol–water partition coefficient (Wildman–Crippen LogP) is 0.369. The van der Waals surface area contributed by atoms with Gasteiger partial charge in [0.05, 0.1) is 0 Å². The fraction of sp³-hybridized carbons (Fsp3) is 0.714. The Hall–Kier alpha value is 1.23. The Morgan fingerprint density at radius 2 is 1.50 bits per heavy atom. The Morgan fingerprint density at radius 3 is 1.58 bits per heavy atom. The van der Waals surface area contributed by atoms with E-state index < -0.39 is 12.4 Å². The van der Waals surface area contributed by atoms with Gasteiger partial charge in [-0.2, -0.15) is 0 Å². The molecule has 66 valence electrons. The zero-order valence-electron chi connectivity index (χ0n) is 8.29. The molecule has 0 radical (unpaired) electrons. The average Bonchev–Trinajstić information content (AvgIpc) is 1.56. The molecular formula is C7H13BF3K. The number of allylic oxidation sites excluding steroid dienone is 2. The molecule has 0 fully saturated rings. The molecule has 0 aromatic rings. The van der Waals surface area contributed by atoms with Gasteiger partial charge in [0.2, 0.25) is 0 Å². The van der Waals surface area contributed by atoms with Gasteiger partial charge >= 0.3 is 58.4 Å². The molecule has 0 spiro atoms. The van der Waals surface area contributed by atoms with Crippen molar-refractivity contribution in [2.75, 3.05) is 0 Å².